The molecule has 2 saturated heterocycles. The fourth-order valence-corrected chi connectivity index (χ4v) is 5.34. The summed E-state index contributed by atoms with van der Waals surface area (Å²) in [7, 11) is -0.0399. The Morgan fingerprint density at radius 1 is 1.41 bits per heavy atom. The number of rotatable bonds is 4. The van der Waals surface area contributed by atoms with Crippen LogP contribution in [0.25, 0.3) is 0 Å². The number of sulfonamides is 1. The molecule has 0 saturated carbocycles. The van der Waals surface area contributed by atoms with Crippen LogP contribution in [0.1, 0.15) is 13.3 Å². The van der Waals surface area contributed by atoms with E-state index in [4.69, 9.17) is 4.74 Å². The minimum absolute atomic E-state index is 0.0225. The molecular weight excluding hydrogens is 304 g/mol. The van der Waals surface area contributed by atoms with Gasteiger partial charge in [-0.15, -0.1) is 0 Å². The number of aromatic nitrogens is 2. The first-order valence-corrected chi connectivity index (χ1v) is 9.16. The molecule has 0 bridgehead atoms. The first-order valence-electron chi connectivity index (χ1n) is 7.72. The van der Waals surface area contributed by atoms with Gasteiger partial charge in [0.15, 0.2) is 5.03 Å². The van der Waals surface area contributed by atoms with Crippen molar-refractivity contribution in [2.24, 2.45) is 13.0 Å². The molecule has 1 aromatic rings. The van der Waals surface area contributed by atoms with E-state index >= 15 is 0 Å². The van der Waals surface area contributed by atoms with Crippen molar-refractivity contribution < 1.29 is 13.2 Å². The summed E-state index contributed by atoms with van der Waals surface area (Å²) in [5.41, 5.74) is 0. The van der Waals surface area contributed by atoms with Crippen molar-refractivity contribution in [3.63, 3.8) is 0 Å². The molecule has 0 radical (unpaired) electrons. The van der Waals surface area contributed by atoms with Gasteiger partial charge in [0.25, 0.3) is 10.0 Å². The monoisotopic (exact) mass is 328 g/mol. The molecule has 22 heavy (non-hydrogen) atoms. The standard InChI is InChI=1S/C14H24N4O3S/c1-4-17-7-11-12(8-17)18(6-5-13(11)21-3)22(19,20)14-9-16(2)10-15-14/h9-13H,4-8H2,1-3H3/t11-,12+,13+/m1/s1. The summed E-state index contributed by atoms with van der Waals surface area (Å²) >= 11 is 0. The van der Waals surface area contributed by atoms with Crippen molar-refractivity contribution in [3.05, 3.63) is 12.5 Å². The first kappa shape index (κ1) is 15.9. The van der Waals surface area contributed by atoms with E-state index in [0.29, 0.717) is 6.54 Å². The average molecular weight is 328 g/mol. The highest BCUT2D eigenvalue weighted by molar-refractivity contribution is 7.89. The van der Waals surface area contributed by atoms with Gasteiger partial charge in [-0.3, -0.25) is 0 Å². The van der Waals surface area contributed by atoms with E-state index in [1.165, 1.54) is 6.33 Å². The van der Waals surface area contributed by atoms with Crippen molar-refractivity contribution in [2.75, 3.05) is 33.3 Å². The zero-order valence-corrected chi connectivity index (χ0v) is 14.2. The molecule has 2 aliphatic rings. The highest BCUT2D eigenvalue weighted by atomic mass is 32.2. The number of fused-ring (bicyclic) bond motifs is 1. The molecule has 3 atom stereocenters. The Balaban J connectivity index is 1.91. The summed E-state index contributed by atoms with van der Waals surface area (Å²) in [5, 5.41) is 0.138. The predicted molar refractivity (Wildman–Crippen MR) is 81.9 cm³/mol. The van der Waals surface area contributed by atoms with E-state index in [1.807, 2.05) is 0 Å². The Hall–Kier alpha value is -0.960. The number of hydrogen-bond donors (Lipinski definition) is 0. The average Bonchev–Trinajstić information content (AvgIpc) is 3.12. The van der Waals surface area contributed by atoms with E-state index in [9.17, 15) is 8.42 Å². The maximum Gasteiger partial charge on any atom is 0.262 e. The smallest absolute Gasteiger partial charge is 0.262 e. The molecule has 0 aliphatic carbocycles. The van der Waals surface area contributed by atoms with Crippen molar-refractivity contribution in [1.82, 2.24) is 18.8 Å². The van der Waals surface area contributed by atoms with Crippen LogP contribution in [0.5, 0.6) is 0 Å². The van der Waals surface area contributed by atoms with Crippen LogP contribution < -0.4 is 0 Å². The number of piperidine rings is 1. The second-order valence-corrected chi connectivity index (χ2v) is 7.98. The number of hydrogen-bond acceptors (Lipinski definition) is 5. The summed E-state index contributed by atoms with van der Waals surface area (Å²) in [5.74, 6) is 0.234. The van der Waals surface area contributed by atoms with Gasteiger partial charge >= 0.3 is 0 Å². The Kier molecular flexibility index (Phi) is 4.28. The Morgan fingerprint density at radius 3 is 2.77 bits per heavy atom. The minimum Gasteiger partial charge on any atom is -0.381 e. The molecular formula is C14H24N4O3S. The maximum absolute atomic E-state index is 12.9. The minimum atomic E-state index is -3.54. The summed E-state index contributed by atoms with van der Waals surface area (Å²) in [6.45, 7) is 5.20. The molecule has 0 unspecified atom stereocenters. The van der Waals surface area contributed by atoms with Gasteiger partial charge in [0.05, 0.1) is 12.4 Å². The van der Waals surface area contributed by atoms with Gasteiger partial charge in [0, 0.05) is 51.9 Å². The van der Waals surface area contributed by atoms with Crippen molar-refractivity contribution in [2.45, 2.75) is 30.5 Å². The lowest BCUT2D eigenvalue weighted by Crippen LogP contribution is -2.53. The molecule has 2 aliphatic heterocycles. The second kappa shape index (κ2) is 5.92. The number of nitrogens with zero attached hydrogens (tertiary/aromatic N) is 4. The van der Waals surface area contributed by atoms with Crippen LogP contribution >= 0.6 is 0 Å². The Labute approximate surface area is 131 Å². The van der Waals surface area contributed by atoms with Crippen molar-refractivity contribution in [1.29, 1.82) is 0 Å². The highest BCUT2D eigenvalue weighted by Crippen LogP contribution is 2.35. The Bertz CT molecular complexity index is 630. The number of likely N-dealkylation sites (N-methyl/N-ethyl adjacent to an activating group) is 1. The lowest BCUT2D eigenvalue weighted by molar-refractivity contribution is 0.00233. The number of aryl methyl sites for hydroxylation is 1. The molecule has 0 spiro atoms. The number of likely N-dealkylation sites (tertiary alicyclic amines) is 1. The van der Waals surface area contributed by atoms with Crippen molar-refractivity contribution >= 4 is 10.0 Å². The van der Waals surface area contributed by atoms with Gasteiger partial charge in [0.1, 0.15) is 0 Å². The largest absolute Gasteiger partial charge is 0.381 e. The molecule has 3 heterocycles. The number of ether oxygens (including phenoxy) is 1. The third-order valence-corrected chi connectivity index (χ3v) is 6.70. The van der Waals surface area contributed by atoms with Crippen LogP contribution in [0, 0.1) is 5.92 Å². The summed E-state index contributed by atoms with van der Waals surface area (Å²) in [6, 6.07) is -0.0225. The lowest BCUT2D eigenvalue weighted by Gasteiger charge is -2.39. The third kappa shape index (κ3) is 2.58. The van der Waals surface area contributed by atoms with Gasteiger partial charge in [-0.25, -0.2) is 13.4 Å². The molecule has 7 nitrogen and oxygen atoms in total. The summed E-state index contributed by atoms with van der Waals surface area (Å²) in [6.07, 6.45) is 3.97. The van der Waals surface area contributed by atoms with Crippen molar-refractivity contribution in [3.8, 4) is 0 Å². The van der Waals surface area contributed by atoms with E-state index in [-0.39, 0.29) is 23.1 Å². The Morgan fingerprint density at radius 2 is 2.18 bits per heavy atom. The third-order valence-electron chi connectivity index (χ3n) is 4.89. The zero-order chi connectivity index (χ0) is 15.9. The van der Waals surface area contributed by atoms with Crippen LogP contribution in [0.3, 0.4) is 0 Å². The van der Waals surface area contributed by atoms with Gasteiger partial charge in [-0.2, -0.15) is 4.31 Å². The van der Waals surface area contributed by atoms with E-state index in [1.54, 1.807) is 29.2 Å². The van der Waals surface area contributed by atoms with E-state index in [2.05, 4.69) is 16.8 Å². The van der Waals surface area contributed by atoms with E-state index < -0.39 is 10.0 Å². The number of imidazole rings is 1. The first-order chi connectivity index (χ1) is 10.5. The number of methoxy groups -OCH3 is 1. The van der Waals surface area contributed by atoms with Crippen LogP contribution in [0.15, 0.2) is 17.6 Å². The molecule has 124 valence electrons. The molecule has 8 heteroatoms. The second-order valence-electron chi connectivity index (χ2n) is 6.14. The highest BCUT2D eigenvalue weighted by Gasteiger charge is 2.48. The summed E-state index contributed by atoms with van der Waals surface area (Å²) < 4.78 is 34.8. The molecule has 1 aromatic heterocycles. The SMILES string of the molecule is CCN1C[C@H]2[C@@H](OC)CCN(S(=O)(=O)c3cn(C)cn3)[C@H]2C1. The van der Waals surface area contributed by atoms with Crippen LogP contribution in [-0.2, 0) is 21.8 Å². The molecule has 2 fully saturated rings. The quantitative estimate of drug-likeness (QED) is 0.787. The zero-order valence-electron chi connectivity index (χ0n) is 13.3. The van der Waals surface area contributed by atoms with Gasteiger partial charge < -0.3 is 14.2 Å². The van der Waals surface area contributed by atoms with Crippen LogP contribution in [0.2, 0.25) is 0 Å². The maximum atomic E-state index is 12.9. The molecule has 0 aromatic carbocycles. The molecule has 0 amide bonds. The lowest BCUT2D eigenvalue weighted by atomic mass is 9.91. The fraction of sp³-hybridized carbons (Fsp3) is 0.786. The molecule has 0 N–H and O–H groups in total. The van der Waals surface area contributed by atoms with Crippen LogP contribution in [-0.4, -0.2) is 72.6 Å². The van der Waals surface area contributed by atoms with Crippen LogP contribution in [0.4, 0.5) is 0 Å². The normalized spacial score (nSPS) is 30.6. The van der Waals surface area contributed by atoms with Gasteiger partial charge in [-0.1, -0.05) is 6.92 Å². The van der Waals surface area contributed by atoms with Gasteiger partial charge in [0.2, 0.25) is 0 Å². The van der Waals surface area contributed by atoms with E-state index in [0.717, 1.165) is 26.1 Å². The predicted octanol–water partition coefficient (Wildman–Crippen LogP) is 0.150. The fourth-order valence-electron chi connectivity index (χ4n) is 3.69. The van der Waals surface area contributed by atoms with Gasteiger partial charge in [-0.05, 0) is 13.0 Å². The molecule has 3 rings (SSSR count). The summed E-state index contributed by atoms with van der Waals surface area (Å²) in [4.78, 5) is 6.34. The topological polar surface area (TPSA) is 67.7 Å².